The molecule has 0 aliphatic rings. The fraction of sp³-hybridized carbons (Fsp3) is 0.167. The average molecular weight is 355 g/mol. The molecule has 0 fully saturated rings. The van der Waals surface area contributed by atoms with Gasteiger partial charge in [0.25, 0.3) is 0 Å². The van der Waals surface area contributed by atoms with Crippen LogP contribution in [0.4, 0.5) is 10.8 Å². The molecule has 3 rings (SSSR count). The van der Waals surface area contributed by atoms with E-state index in [-0.39, 0.29) is 11.0 Å². The number of rotatable bonds is 6. The Bertz CT molecular complexity index is 816. The first-order valence-corrected chi connectivity index (χ1v) is 9.24. The molecule has 0 radical (unpaired) electrons. The second-order valence-electron chi connectivity index (χ2n) is 5.35. The van der Waals surface area contributed by atoms with Gasteiger partial charge in [0.1, 0.15) is 0 Å². The highest BCUT2D eigenvalue weighted by Gasteiger charge is 2.18. The van der Waals surface area contributed by atoms with E-state index in [4.69, 9.17) is 0 Å². The van der Waals surface area contributed by atoms with Crippen molar-refractivity contribution >= 4 is 39.7 Å². The summed E-state index contributed by atoms with van der Waals surface area (Å²) in [7, 11) is 0. The first kappa shape index (κ1) is 16.7. The lowest BCUT2D eigenvalue weighted by molar-refractivity contribution is 0.0994. The zero-order valence-electron chi connectivity index (χ0n) is 13.4. The number of anilines is 2. The zero-order valence-corrected chi connectivity index (χ0v) is 15.0. The van der Waals surface area contributed by atoms with Crippen molar-refractivity contribution in [2.45, 2.75) is 23.4 Å². The summed E-state index contributed by atoms with van der Waals surface area (Å²) in [6.45, 7) is 3.95. The van der Waals surface area contributed by atoms with E-state index in [1.54, 1.807) is 0 Å². The first-order chi connectivity index (χ1) is 11.6. The summed E-state index contributed by atoms with van der Waals surface area (Å²) in [5.74, 6) is 0.101. The van der Waals surface area contributed by atoms with Crippen LogP contribution in [0.3, 0.4) is 0 Å². The Morgan fingerprint density at radius 1 is 1.08 bits per heavy atom. The number of aromatic nitrogens is 2. The quantitative estimate of drug-likeness (QED) is 0.500. The van der Waals surface area contributed by atoms with E-state index in [1.807, 2.05) is 61.5 Å². The number of carbonyl (C=O) groups is 1. The van der Waals surface area contributed by atoms with Crippen molar-refractivity contribution in [2.24, 2.45) is 0 Å². The summed E-state index contributed by atoms with van der Waals surface area (Å²) in [5, 5.41) is 12.1. The zero-order chi connectivity index (χ0) is 16.9. The molecule has 0 saturated heterocycles. The number of benzene rings is 2. The van der Waals surface area contributed by atoms with Crippen LogP contribution in [0.5, 0.6) is 0 Å². The summed E-state index contributed by atoms with van der Waals surface area (Å²) in [4.78, 5) is 12.4. The topological polar surface area (TPSA) is 54.9 Å². The van der Waals surface area contributed by atoms with Crippen molar-refractivity contribution in [2.75, 3.05) is 5.32 Å². The smallest absolute Gasteiger partial charge is 0.210 e. The number of nitrogens with zero attached hydrogens (tertiary/aromatic N) is 2. The molecule has 0 spiro atoms. The second-order valence-corrected chi connectivity index (χ2v) is 7.92. The van der Waals surface area contributed by atoms with E-state index in [0.717, 1.165) is 20.7 Å². The van der Waals surface area contributed by atoms with Crippen LogP contribution in [0.25, 0.3) is 0 Å². The molecule has 4 nitrogen and oxygen atoms in total. The molecule has 122 valence electrons. The van der Waals surface area contributed by atoms with Gasteiger partial charge in [0.05, 0.1) is 5.25 Å². The third-order valence-corrected chi connectivity index (χ3v) is 5.44. The van der Waals surface area contributed by atoms with Gasteiger partial charge >= 0.3 is 0 Å². The number of ketones is 1. The van der Waals surface area contributed by atoms with Crippen molar-refractivity contribution in [3.8, 4) is 0 Å². The average Bonchev–Trinajstić information content (AvgIpc) is 3.04. The number of thioether (sulfide) groups is 1. The fourth-order valence-corrected chi connectivity index (χ4v) is 4.10. The van der Waals surface area contributed by atoms with E-state index >= 15 is 0 Å². The fourth-order valence-electron chi connectivity index (χ4n) is 2.11. The molecule has 24 heavy (non-hydrogen) atoms. The van der Waals surface area contributed by atoms with Crippen molar-refractivity contribution < 1.29 is 4.79 Å². The minimum absolute atomic E-state index is 0.101. The maximum absolute atomic E-state index is 12.4. The number of hydrogen-bond donors (Lipinski definition) is 1. The van der Waals surface area contributed by atoms with E-state index in [9.17, 15) is 4.79 Å². The lowest BCUT2D eigenvalue weighted by atomic mass is 10.1. The molecule has 1 atom stereocenters. The van der Waals surface area contributed by atoms with Crippen LogP contribution in [0, 0.1) is 6.92 Å². The van der Waals surface area contributed by atoms with Gasteiger partial charge in [-0.2, -0.15) is 0 Å². The molecule has 2 aromatic carbocycles. The number of nitrogens with one attached hydrogen (secondary N) is 1. The summed E-state index contributed by atoms with van der Waals surface area (Å²) in [6, 6.07) is 17.4. The van der Waals surface area contributed by atoms with Gasteiger partial charge < -0.3 is 5.32 Å². The van der Waals surface area contributed by atoms with E-state index < -0.39 is 0 Å². The van der Waals surface area contributed by atoms with Gasteiger partial charge in [-0.1, -0.05) is 71.1 Å². The standard InChI is InChI=1S/C18H17N3OS2/c1-12-8-10-15(11-9-12)19-17-20-21-18(24-17)23-13(2)16(22)14-6-4-3-5-7-14/h3-11,13H,1-2H3,(H,19,20). The minimum Gasteiger partial charge on any atom is -0.330 e. The number of aryl methyl sites for hydroxylation is 1. The van der Waals surface area contributed by atoms with Crippen LogP contribution in [0.1, 0.15) is 22.8 Å². The Labute approximate surface area is 149 Å². The molecule has 0 amide bonds. The normalized spacial score (nSPS) is 11.9. The maximum atomic E-state index is 12.4. The Balaban J connectivity index is 1.63. The Hall–Kier alpha value is -2.18. The lowest BCUT2D eigenvalue weighted by Gasteiger charge is -2.07. The van der Waals surface area contributed by atoms with E-state index in [1.165, 1.54) is 28.7 Å². The largest absolute Gasteiger partial charge is 0.330 e. The van der Waals surface area contributed by atoms with Gasteiger partial charge in [-0.15, -0.1) is 10.2 Å². The predicted octanol–water partition coefficient (Wildman–Crippen LogP) is 4.95. The molecule has 1 N–H and O–H groups in total. The molecular formula is C18H17N3OS2. The summed E-state index contributed by atoms with van der Waals surface area (Å²) < 4.78 is 0.779. The first-order valence-electron chi connectivity index (χ1n) is 7.55. The monoisotopic (exact) mass is 355 g/mol. The third-order valence-electron chi connectivity index (χ3n) is 3.41. The molecule has 1 aromatic heterocycles. The highest BCUT2D eigenvalue weighted by molar-refractivity contribution is 8.02. The Morgan fingerprint density at radius 3 is 2.50 bits per heavy atom. The molecule has 1 heterocycles. The molecule has 1 unspecified atom stereocenters. The summed E-state index contributed by atoms with van der Waals surface area (Å²) >= 11 is 2.89. The van der Waals surface area contributed by atoms with Crippen LogP contribution in [0.15, 0.2) is 58.9 Å². The second kappa shape index (κ2) is 7.59. The summed E-state index contributed by atoms with van der Waals surface area (Å²) in [5.41, 5.74) is 2.91. The van der Waals surface area contributed by atoms with E-state index in [0.29, 0.717) is 0 Å². The molecule has 0 bridgehead atoms. The molecule has 6 heteroatoms. The van der Waals surface area contributed by atoms with Gasteiger partial charge in [0, 0.05) is 11.3 Å². The van der Waals surface area contributed by atoms with Gasteiger partial charge in [0.2, 0.25) is 5.13 Å². The van der Waals surface area contributed by atoms with Crippen LogP contribution < -0.4 is 5.32 Å². The van der Waals surface area contributed by atoms with Crippen molar-refractivity contribution in [1.29, 1.82) is 0 Å². The molecule has 0 aliphatic carbocycles. The van der Waals surface area contributed by atoms with Crippen LogP contribution in [-0.4, -0.2) is 21.2 Å². The molecule has 0 saturated carbocycles. The molecule has 3 aromatic rings. The highest BCUT2D eigenvalue weighted by Crippen LogP contribution is 2.31. The molecular weight excluding hydrogens is 338 g/mol. The summed E-state index contributed by atoms with van der Waals surface area (Å²) in [6.07, 6.45) is 0. The highest BCUT2D eigenvalue weighted by atomic mass is 32.2. The van der Waals surface area contributed by atoms with Crippen molar-refractivity contribution in [3.05, 3.63) is 65.7 Å². The van der Waals surface area contributed by atoms with Gasteiger partial charge in [-0.05, 0) is 26.0 Å². The lowest BCUT2D eigenvalue weighted by Crippen LogP contribution is -2.13. The number of hydrogen-bond acceptors (Lipinski definition) is 6. The number of Topliss-reactive ketones (excluding diaryl/α,β-unsaturated/α-hetero) is 1. The van der Waals surface area contributed by atoms with Crippen molar-refractivity contribution in [1.82, 2.24) is 10.2 Å². The van der Waals surface area contributed by atoms with Gasteiger partial charge in [-0.3, -0.25) is 4.79 Å². The Kier molecular flexibility index (Phi) is 5.27. The van der Waals surface area contributed by atoms with Crippen LogP contribution >= 0.6 is 23.1 Å². The molecule has 0 aliphatic heterocycles. The predicted molar refractivity (Wildman–Crippen MR) is 100 cm³/mol. The van der Waals surface area contributed by atoms with Crippen LogP contribution in [-0.2, 0) is 0 Å². The van der Waals surface area contributed by atoms with E-state index in [2.05, 4.69) is 22.4 Å². The Morgan fingerprint density at radius 2 is 1.79 bits per heavy atom. The SMILES string of the molecule is Cc1ccc(Nc2nnc(SC(C)C(=O)c3ccccc3)s2)cc1. The van der Waals surface area contributed by atoms with Gasteiger partial charge in [-0.25, -0.2) is 0 Å². The van der Waals surface area contributed by atoms with Gasteiger partial charge in [0.15, 0.2) is 10.1 Å². The van der Waals surface area contributed by atoms with Crippen molar-refractivity contribution in [3.63, 3.8) is 0 Å². The maximum Gasteiger partial charge on any atom is 0.210 e. The minimum atomic E-state index is -0.201. The third kappa shape index (κ3) is 4.21. The van der Waals surface area contributed by atoms with Crippen LogP contribution in [0.2, 0.25) is 0 Å². The number of carbonyl (C=O) groups excluding carboxylic acids is 1.